The van der Waals surface area contributed by atoms with Crippen LogP contribution in [-0.4, -0.2) is 44.7 Å². The van der Waals surface area contributed by atoms with Gasteiger partial charge in [0.25, 0.3) is 0 Å². The van der Waals surface area contributed by atoms with E-state index in [1.165, 1.54) is 0 Å². The molecular weight excluding hydrogens is 316 g/mol. The third-order valence-electron chi connectivity index (χ3n) is 4.34. The molecule has 0 bridgehead atoms. The number of carbonyl (C=O) groups is 1. The molecule has 0 aliphatic carbocycles. The number of hydrogen-bond acceptors (Lipinski definition) is 4. The molecule has 1 heterocycles. The molecule has 0 saturated carbocycles. The number of ether oxygens (including phenoxy) is 2. The van der Waals surface area contributed by atoms with Crippen molar-refractivity contribution >= 4 is 11.6 Å². The maximum absolute atomic E-state index is 12.3. The number of morpholine rings is 1. The zero-order valence-electron chi connectivity index (χ0n) is 14.7. The number of nitrogens with one attached hydrogen (secondary N) is 1. The summed E-state index contributed by atoms with van der Waals surface area (Å²) in [5.41, 5.74) is 2.84. The molecule has 1 atom stereocenters. The minimum atomic E-state index is -0.0380. The highest BCUT2D eigenvalue weighted by atomic mass is 16.5. The molecule has 5 heteroatoms. The second-order valence-corrected chi connectivity index (χ2v) is 6.32. The largest absolute Gasteiger partial charge is 0.497 e. The van der Waals surface area contributed by atoms with Gasteiger partial charge in [0, 0.05) is 18.8 Å². The third kappa shape index (κ3) is 4.81. The normalized spacial score (nSPS) is 17.9. The molecule has 1 amide bonds. The van der Waals surface area contributed by atoms with Gasteiger partial charge in [0.05, 0.1) is 26.2 Å². The van der Waals surface area contributed by atoms with Gasteiger partial charge >= 0.3 is 0 Å². The van der Waals surface area contributed by atoms with Gasteiger partial charge in [0.1, 0.15) is 5.75 Å². The zero-order chi connectivity index (χ0) is 17.6. The molecule has 1 N–H and O–H groups in total. The summed E-state index contributed by atoms with van der Waals surface area (Å²) in [6.45, 7) is 2.55. The van der Waals surface area contributed by atoms with E-state index in [4.69, 9.17) is 9.47 Å². The Bertz CT molecular complexity index is 715. The highest BCUT2D eigenvalue weighted by molar-refractivity contribution is 5.92. The molecule has 2 aromatic carbocycles. The minimum absolute atomic E-state index is 0.0380. The summed E-state index contributed by atoms with van der Waals surface area (Å²) < 4.78 is 11.0. The molecule has 132 valence electrons. The fourth-order valence-corrected chi connectivity index (χ4v) is 2.93. The van der Waals surface area contributed by atoms with Gasteiger partial charge in [-0.05, 0) is 42.4 Å². The number of anilines is 1. The lowest BCUT2D eigenvalue weighted by Crippen LogP contribution is -2.35. The summed E-state index contributed by atoms with van der Waals surface area (Å²) in [4.78, 5) is 14.5. The van der Waals surface area contributed by atoms with Gasteiger partial charge in [-0.15, -0.1) is 0 Å². The van der Waals surface area contributed by atoms with Gasteiger partial charge < -0.3 is 19.7 Å². The lowest BCUT2D eigenvalue weighted by Gasteiger charge is -2.30. The maximum Gasteiger partial charge on any atom is 0.228 e. The van der Waals surface area contributed by atoms with Crippen molar-refractivity contribution in [2.24, 2.45) is 0 Å². The van der Waals surface area contributed by atoms with Crippen LogP contribution in [0.2, 0.25) is 0 Å². The molecule has 2 aromatic rings. The average molecular weight is 340 g/mol. The number of amides is 1. The lowest BCUT2D eigenvalue weighted by molar-refractivity contribution is -0.115. The molecule has 25 heavy (non-hydrogen) atoms. The van der Waals surface area contributed by atoms with Crippen LogP contribution in [0.25, 0.3) is 0 Å². The van der Waals surface area contributed by atoms with Gasteiger partial charge in [-0.25, -0.2) is 0 Å². The Hall–Kier alpha value is -2.37. The first-order valence-corrected chi connectivity index (χ1v) is 8.47. The highest BCUT2D eigenvalue weighted by Crippen LogP contribution is 2.24. The third-order valence-corrected chi connectivity index (χ3v) is 4.34. The standard InChI is InChI=1S/C20H24N2O3/c1-22-10-11-25-19(14-22)16-4-3-5-17(13-16)21-20(23)12-15-6-8-18(24-2)9-7-15/h3-9,13,19H,10-12,14H2,1-2H3,(H,21,23). The van der Waals surface area contributed by atoms with Gasteiger partial charge in [-0.3, -0.25) is 4.79 Å². The van der Waals surface area contributed by atoms with Gasteiger partial charge in [0.15, 0.2) is 0 Å². The smallest absolute Gasteiger partial charge is 0.228 e. The van der Waals surface area contributed by atoms with Crippen molar-refractivity contribution in [2.75, 3.05) is 39.2 Å². The van der Waals surface area contributed by atoms with Crippen LogP contribution in [-0.2, 0) is 16.0 Å². The molecule has 3 rings (SSSR count). The monoisotopic (exact) mass is 340 g/mol. The molecule has 1 aliphatic rings. The first-order valence-electron chi connectivity index (χ1n) is 8.47. The number of carbonyl (C=O) groups excluding carboxylic acids is 1. The Labute approximate surface area is 148 Å². The van der Waals surface area contributed by atoms with Crippen molar-refractivity contribution in [3.63, 3.8) is 0 Å². The molecular formula is C20H24N2O3. The van der Waals surface area contributed by atoms with Crippen molar-refractivity contribution < 1.29 is 14.3 Å². The van der Waals surface area contributed by atoms with Crippen LogP contribution in [0, 0.1) is 0 Å². The number of hydrogen-bond donors (Lipinski definition) is 1. The molecule has 0 aromatic heterocycles. The summed E-state index contributed by atoms with van der Waals surface area (Å²) >= 11 is 0. The molecule has 1 saturated heterocycles. The van der Waals surface area contributed by atoms with Crippen molar-refractivity contribution in [1.82, 2.24) is 4.90 Å². The van der Waals surface area contributed by atoms with Crippen LogP contribution < -0.4 is 10.1 Å². The predicted octanol–water partition coefficient (Wildman–Crippen LogP) is 2.88. The van der Waals surface area contributed by atoms with Crippen molar-refractivity contribution in [3.8, 4) is 5.75 Å². The second kappa shape index (κ2) is 8.14. The summed E-state index contributed by atoms with van der Waals surface area (Å²) in [5, 5.41) is 2.97. The molecule has 1 unspecified atom stereocenters. The molecule has 0 spiro atoms. The zero-order valence-corrected chi connectivity index (χ0v) is 14.7. The first kappa shape index (κ1) is 17.5. The van der Waals surface area contributed by atoms with Crippen LogP contribution >= 0.6 is 0 Å². The average Bonchev–Trinajstić information content (AvgIpc) is 2.62. The molecule has 1 aliphatic heterocycles. The Morgan fingerprint density at radius 1 is 1.28 bits per heavy atom. The van der Waals surface area contributed by atoms with Crippen molar-refractivity contribution in [2.45, 2.75) is 12.5 Å². The van der Waals surface area contributed by atoms with E-state index in [1.807, 2.05) is 48.5 Å². The summed E-state index contributed by atoms with van der Waals surface area (Å²) in [6.07, 6.45) is 0.383. The maximum atomic E-state index is 12.3. The number of likely N-dealkylation sites (N-methyl/N-ethyl adjacent to an activating group) is 1. The number of nitrogens with zero attached hydrogens (tertiary/aromatic N) is 1. The lowest BCUT2D eigenvalue weighted by atomic mass is 10.1. The van der Waals surface area contributed by atoms with Crippen molar-refractivity contribution in [1.29, 1.82) is 0 Å². The van der Waals surface area contributed by atoms with E-state index in [9.17, 15) is 4.79 Å². The number of benzene rings is 2. The predicted molar refractivity (Wildman–Crippen MR) is 98.0 cm³/mol. The van der Waals surface area contributed by atoms with E-state index in [0.29, 0.717) is 6.42 Å². The fraction of sp³-hybridized carbons (Fsp3) is 0.350. The van der Waals surface area contributed by atoms with Gasteiger partial charge in [0.2, 0.25) is 5.91 Å². The molecule has 1 fully saturated rings. The van der Waals surface area contributed by atoms with E-state index in [0.717, 1.165) is 42.3 Å². The Kier molecular flexibility index (Phi) is 5.68. The summed E-state index contributed by atoms with van der Waals surface area (Å²) in [5.74, 6) is 0.748. The fourth-order valence-electron chi connectivity index (χ4n) is 2.93. The van der Waals surface area contributed by atoms with Gasteiger partial charge in [-0.1, -0.05) is 24.3 Å². The van der Waals surface area contributed by atoms with Crippen LogP contribution in [0.3, 0.4) is 0 Å². The Morgan fingerprint density at radius 2 is 2.08 bits per heavy atom. The van der Waals surface area contributed by atoms with Gasteiger partial charge in [-0.2, -0.15) is 0 Å². The SMILES string of the molecule is COc1ccc(CC(=O)Nc2cccc(C3CN(C)CCO3)c2)cc1. The number of methoxy groups -OCH3 is 1. The van der Waals surface area contributed by atoms with Crippen LogP contribution in [0.15, 0.2) is 48.5 Å². The van der Waals surface area contributed by atoms with Crippen LogP contribution in [0.4, 0.5) is 5.69 Å². The van der Waals surface area contributed by atoms with E-state index < -0.39 is 0 Å². The quantitative estimate of drug-likeness (QED) is 0.909. The highest BCUT2D eigenvalue weighted by Gasteiger charge is 2.19. The Balaban J connectivity index is 1.61. The van der Waals surface area contributed by atoms with E-state index >= 15 is 0 Å². The van der Waals surface area contributed by atoms with E-state index in [2.05, 4.69) is 17.3 Å². The molecule has 0 radical (unpaired) electrons. The van der Waals surface area contributed by atoms with Crippen molar-refractivity contribution in [3.05, 3.63) is 59.7 Å². The molecule has 5 nitrogen and oxygen atoms in total. The number of rotatable bonds is 5. The minimum Gasteiger partial charge on any atom is -0.497 e. The van der Waals surface area contributed by atoms with E-state index in [1.54, 1.807) is 7.11 Å². The topological polar surface area (TPSA) is 50.8 Å². The van der Waals surface area contributed by atoms with Crippen LogP contribution in [0.5, 0.6) is 5.75 Å². The van der Waals surface area contributed by atoms with E-state index in [-0.39, 0.29) is 12.0 Å². The summed E-state index contributed by atoms with van der Waals surface area (Å²) in [6, 6.07) is 15.4. The Morgan fingerprint density at radius 3 is 2.80 bits per heavy atom. The first-order chi connectivity index (χ1) is 12.1. The van der Waals surface area contributed by atoms with Crippen LogP contribution in [0.1, 0.15) is 17.2 Å². The summed E-state index contributed by atoms with van der Waals surface area (Å²) in [7, 11) is 3.72. The second-order valence-electron chi connectivity index (χ2n) is 6.32.